The minimum absolute atomic E-state index is 0.161. The van der Waals surface area contributed by atoms with Gasteiger partial charge in [-0.15, -0.1) is 0 Å². The van der Waals surface area contributed by atoms with E-state index in [1.54, 1.807) is 11.0 Å². The van der Waals surface area contributed by atoms with Crippen LogP contribution in [0.25, 0.3) is 0 Å². The molecule has 6 heteroatoms. The van der Waals surface area contributed by atoms with Crippen molar-refractivity contribution in [3.05, 3.63) is 33.2 Å². The number of aromatic nitrogens is 1. The highest BCUT2D eigenvalue weighted by atomic mass is 16.5. The first-order valence-corrected chi connectivity index (χ1v) is 8.38. The van der Waals surface area contributed by atoms with E-state index in [1.807, 2.05) is 13.8 Å². The van der Waals surface area contributed by atoms with Gasteiger partial charge in [-0.3, -0.25) is 14.5 Å². The molecule has 2 fully saturated rings. The van der Waals surface area contributed by atoms with E-state index in [4.69, 9.17) is 4.74 Å². The average molecular weight is 319 g/mol. The SMILES string of the molecule is Cc1cc(C(=O)N2CCN(C[C@@H]3CCCO3)CC2)c(=O)[nH]c1C. The van der Waals surface area contributed by atoms with Gasteiger partial charge in [0.2, 0.25) is 0 Å². The Bertz CT molecular complexity index is 626. The molecule has 0 saturated carbocycles. The summed E-state index contributed by atoms with van der Waals surface area (Å²) in [6.45, 7) is 8.58. The minimum Gasteiger partial charge on any atom is -0.377 e. The van der Waals surface area contributed by atoms with E-state index >= 15 is 0 Å². The van der Waals surface area contributed by atoms with Crippen LogP contribution >= 0.6 is 0 Å². The molecule has 23 heavy (non-hydrogen) atoms. The molecule has 3 rings (SSSR count). The number of hydrogen-bond acceptors (Lipinski definition) is 4. The number of ether oxygens (including phenoxy) is 1. The van der Waals surface area contributed by atoms with Crippen molar-refractivity contribution >= 4 is 5.91 Å². The maximum absolute atomic E-state index is 12.6. The predicted octanol–water partition coefficient (Wildman–Crippen LogP) is 0.929. The van der Waals surface area contributed by atoms with Crippen LogP contribution in [0, 0.1) is 13.8 Å². The van der Waals surface area contributed by atoms with Crippen molar-refractivity contribution in [2.75, 3.05) is 39.3 Å². The molecule has 0 bridgehead atoms. The Kier molecular flexibility index (Phi) is 4.82. The second-order valence-electron chi connectivity index (χ2n) is 6.55. The molecule has 1 aromatic rings. The molecule has 2 aliphatic heterocycles. The minimum atomic E-state index is -0.292. The first-order valence-electron chi connectivity index (χ1n) is 8.38. The van der Waals surface area contributed by atoms with E-state index in [0.29, 0.717) is 19.2 Å². The van der Waals surface area contributed by atoms with Crippen molar-refractivity contribution in [3.63, 3.8) is 0 Å². The maximum atomic E-state index is 12.6. The topological polar surface area (TPSA) is 65.6 Å². The summed E-state index contributed by atoms with van der Waals surface area (Å²) in [4.78, 5) is 31.5. The summed E-state index contributed by atoms with van der Waals surface area (Å²) in [6, 6.07) is 1.70. The number of rotatable bonds is 3. The molecule has 1 atom stereocenters. The maximum Gasteiger partial charge on any atom is 0.261 e. The highest BCUT2D eigenvalue weighted by Gasteiger charge is 2.26. The van der Waals surface area contributed by atoms with E-state index in [2.05, 4.69) is 9.88 Å². The fourth-order valence-corrected chi connectivity index (χ4v) is 3.27. The third-order valence-corrected chi connectivity index (χ3v) is 4.87. The van der Waals surface area contributed by atoms with Crippen LogP contribution in [-0.4, -0.2) is 66.1 Å². The number of pyridine rings is 1. The quantitative estimate of drug-likeness (QED) is 0.900. The Morgan fingerprint density at radius 1 is 1.30 bits per heavy atom. The molecule has 0 unspecified atom stereocenters. The smallest absolute Gasteiger partial charge is 0.261 e. The standard InChI is InChI=1S/C17H25N3O3/c1-12-10-15(16(21)18-13(12)2)17(22)20-7-5-19(6-8-20)11-14-4-3-9-23-14/h10,14H,3-9,11H2,1-2H3,(H,18,21)/t14-/m0/s1. The Balaban J connectivity index is 1.60. The van der Waals surface area contributed by atoms with Gasteiger partial charge in [0.1, 0.15) is 5.56 Å². The van der Waals surface area contributed by atoms with Gasteiger partial charge in [0.05, 0.1) is 6.10 Å². The molecule has 6 nitrogen and oxygen atoms in total. The van der Waals surface area contributed by atoms with Gasteiger partial charge in [-0.2, -0.15) is 0 Å². The van der Waals surface area contributed by atoms with Gasteiger partial charge in [0.25, 0.3) is 11.5 Å². The van der Waals surface area contributed by atoms with Crippen LogP contribution in [0.4, 0.5) is 0 Å². The van der Waals surface area contributed by atoms with Crippen molar-refractivity contribution in [1.29, 1.82) is 0 Å². The highest BCUT2D eigenvalue weighted by molar-refractivity contribution is 5.94. The first-order chi connectivity index (χ1) is 11.0. The summed E-state index contributed by atoms with van der Waals surface area (Å²) < 4.78 is 5.67. The number of aromatic amines is 1. The molecule has 0 spiro atoms. The Labute approximate surface area is 136 Å². The lowest BCUT2D eigenvalue weighted by atomic mass is 10.1. The van der Waals surface area contributed by atoms with E-state index in [9.17, 15) is 9.59 Å². The molecule has 0 aromatic carbocycles. The lowest BCUT2D eigenvalue weighted by molar-refractivity contribution is 0.0432. The van der Waals surface area contributed by atoms with Crippen LogP contribution in [0.3, 0.4) is 0 Å². The number of nitrogens with zero attached hydrogens (tertiary/aromatic N) is 2. The molecule has 0 aliphatic carbocycles. The van der Waals surface area contributed by atoms with Crippen molar-refractivity contribution in [1.82, 2.24) is 14.8 Å². The van der Waals surface area contributed by atoms with Gasteiger partial charge in [0.15, 0.2) is 0 Å². The molecule has 2 saturated heterocycles. The first kappa shape index (κ1) is 16.2. The highest BCUT2D eigenvalue weighted by Crippen LogP contribution is 2.15. The monoisotopic (exact) mass is 319 g/mol. The van der Waals surface area contributed by atoms with E-state index in [0.717, 1.165) is 50.3 Å². The molecule has 1 amide bonds. The molecule has 2 aliphatic rings. The number of carbonyl (C=O) groups is 1. The zero-order valence-electron chi connectivity index (χ0n) is 13.9. The number of aryl methyl sites for hydroxylation is 2. The largest absolute Gasteiger partial charge is 0.377 e. The molecule has 1 N–H and O–H groups in total. The summed E-state index contributed by atoms with van der Waals surface area (Å²) >= 11 is 0. The van der Waals surface area contributed by atoms with Crippen molar-refractivity contribution < 1.29 is 9.53 Å². The van der Waals surface area contributed by atoms with Crippen molar-refractivity contribution in [3.8, 4) is 0 Å². The van der Waals surface area contributed by atoms with Crippen LogP contribution in [0.15, 0.2) is 10.9 Å². The normalized spacial score (nSPS) is 22.5. The second kappa shape index (κ2) is 6.84. The van der Waals surface area contributed by atoms with Crippen molar-refractivity contribution in [2.24, 2.45) is 0 Å². The number of carbonyl (C=O) groups excluding carboxylic acids is 1. The van der Waals surface area contributed by atoms with Gasteiger partial charge >= 0.3 is 0 Å². The fourth-order valence-electron chi connectivity index (χ4n) is 3.27. The number of nitrogens with one attached hydrogen (secondary N) is 1. The third kappa shape index (κ3) is 3.64. The summed E-state index contributed by atoms with van der Waals surface area (Å²) in [5.74, 6) is -0.161. The van der Waals surface area contributed by atoms with Crippen LogP contribution in [0.2, 0.25) is 0 Å². The lowest BCUT2D eigenvalue weighted by Crippen LogP contribution is -2.51. The van der Waals surface area contributed by atoms with Gasteiger partial charge in [0, 0.05) is 45.0 Å². The summed E-state index contributed by atoms with van der Waals surface area (Å²) in [5, 5.41) is 0. The number of H-pyrrole nitrogens is 1. The van der Waals surface area contributed by atoms with Gasteiger partial charge < -0.3 is 14.6 Å². The van der Waals surface area contributed by atoms with E-state index in [1.165, 1.54) is 0 Å². The predicted molar refractivity (Wildman–Crippen MR) is 87.9 cm³/mol. The van der Waals surface area contributed by atoms with Crippen LogP contribution in [-0.2, 0) is 4.74 Å². The summed E-state index contributed by atoms with van der Waals surface area (Å²) in [7, 11) is 0. The van der Waals surface area contributed by atoms with E-state index < -0.39 is 0 Å². The molecular weight excluding hydrogens is 294 g/mol. The Morgan fingerprint density at radius 3 is 2.70 bits per heavy atom. The van der Waals surface area contributed by atoms with Gasteiger partial charge in [-0.25, -0.2) is 0 Å². The molecule has 3 heterocycles. The zero-order chi connectivity index (χ0) is 16.4. The summed E-state index contributed by atoms with van der Waals surface area (Å²) in [6.07, 6.45) is 2.63. The average Bonchev–Trinajstić information content (AvgIpc) is 3.04. The third-order valence-electron chi connectivity index (χ3n) is 4.87. The molecular formula is C17H25N3O3. The number of piperazine rings is 1. The fraction of sp³-hybridized carbons (Fsp3) is 0.647. The van der Waals surface area contributed by atoms with Crippen LogP contribution < -0.4 is 5.56 Å². The Hall–Kier alpha value is -1.66. The molecule has 1 aromatic heterocycles. The summed E-state index contributed by atoms with van der Waals surface area (Å²) in [5.41, 5.74) is 1.71. The van der Waals surface area contributed by atoms with Crippen molar-refractivity contribution in [2.45, 2.75) is 32.8 Å². The molecule has 126 valence electrons. The number of hydrogen-bond donors (Lipinski definition) is 1. The molecule has 0 radical (unpaired) electrons. The second-order valence-corrected chi connectivity index (χ2v) is 6.55. The lowest BCUT2D eigenvalue weighted by Gasteiger charge is -2.35. The van der Waals surface area contributed by atoms with Gasteiger partial charge in [-0.1, -0.05) is 0 Å². The van der Waals surface area contributed by atoms with Crippen LogP contribution in [0.1, 0.15) is 34.5 Å². The Morgan fingerprint density at radius 2 is 2.04 bits per heavy atom. The van der Waals surface area contributed by atoms with Crippen LogP contribution in [0.5, 0.6) is 0 Å². The number of amides is 1. The van der Waals surface area contributed by atoms with E-state index in [-0.39, 0.29) is 17.0 Å². The van der Waals surface area contributed by atoms with Gasteiger partial charge in [-0.05, 0) is 38.3 Å². The zero-order valence-corrected chi connectivity index (χ0v) is 13.9.